The van der Waals surface area contributed by atoms with Crippen molar-refractivity contribution in [3.63, 3.8) is 0 Å². The molecule has 0 aliphatic carbocycles. The number of carbonyl (C=O) groups excluding carboxylic acids is 4. The number of aliphatic hydroxyl groups excluding tert-OH is 1. The summed E-state index contributed by atoms with van der Waals surface area (Å²) in [6.07, 6.45) is -0.978. The summed E-state index contributed by atoms with van der Waals surface area (Å²) < 4.78 is 4.81. The average Bonchev–Trinajstić information content (AvgIpc) is 3.47. The number of hydrazine groups is 1. The number of alkyl carbamates (subject to hydrolysis) is 1. The fourth-order valence-electron chi connectivity index (χ4n) is 7.19. The number of methoxy groups -OCH3 is 1. The van der Waals surface area contributed by atoms with Gasteiger partial charge in [-0.1, -0.05) is 107 Å². The van der Waals surface area contributed by atoms with Gasteiger partial charge < -0.3 is 30.3 Å². The molecule has 0 radical (unpaired) electrons. The van der Waals surface area contributed by atoms with Crippen LogP contribution >= 0.6 is 0 Å². The Hall–Kier alpha value is -5.01. The van der Waals surface area contributed by atoms with Gasteiger partial charge in [0.15, 0.2) is 0 Å². The largest absolute Gasteiger partial charge is 0.453 e. The molecule has 4 rings (SSSR count). The number of amides is 5. The first-order chi connectivity index (χ1) is 26.5. The van der Waals surface area contributed by atoms with Crippen molar-refractivity contribution in [2.75, 3.05) is 26.7 Å². The van der Waals surface area contributed by atoms with Crippen molar-refractivity contribution < 1.29 is 29.0 Å². The molecule has 2 heterocycles. The van der Waals surface area contributed by atoms with Gasteiger partial charge in [0.1, 0.15) is 12.1 Å². The van der Waals surface area contributed by atoms with Crippen LogP contribution in [0.4, 0.5) is 9.59 Å². The molecule has 2 aromatic carbocycles. The van der Waals surface area contributed by atoms with Gasteiger partial charge in [0, 0.05) is 31.9 Å². The third kappa shape index (κ3) is 12.2. The molecule has 4 N–H and O–H groups in total. The van der Waals surface area contributed by atoms with E-state index in [0.29, 0.717) is 32.5 Å². The van der Waals surface area contributed by atoms with Crippen molar-refractivity contribution in [1.29, 1.82) is 0 Å². The van der Waals surface area contributed by atoms with Gasteiger partial charge in [-0.3, -0.25) is 20.0 Å². The Labute approximate surface area is 332 Å². The molecule has 56 heavy (non-hydrogen) atoms. The predicted molar refractivity (Wildman–Crippen MR) is 216 cm³/mol. The zero-order valence-corrected chi connectivity index (χ0v) is 34.5. The molecule has 5 atom stereocenters. The van der Waals surface area contributed by atoms with Crippen LogP contribution in [0.1, 0.15) is 74.7 Å². The lowest BCUT2D eigenvalue weighted by Crippen LogP contribution is -2.60. The first-order valence-corrected chi connectivity index (χ1v) is 19.5. The molecule has 0 bridgehead atoms. The molecular weight excluding hydrogens is 711 g/mol. The third-order valence-electron chi connectivity index (χ3n) is 10.2. The summed E-state index contributed by atoms with van der Waals surface area (Å²) in [5, 5.41) is 19.5. The number of hydrogen-bond donors (Lipinski definition) is 4. The fraction of sp³-hybridized carbons (Fsp3) is 0.512. The minimum absolute atomic E-state index is 0.0699. The van der Waals surface area contributed by atoms with E-state index in [1.807, 2.05) is 116 Å². The zero-order chi connectivity index (χ0) is 41.2. The first kappa shape index (κ1) is 43.7. The van der Waals surface area contributed by atoms with Gasteiger partial charge in [-0.2, -0.15) is 0 Å². The average molecular weight is 772 g/mol. The Bertz CT molecular complexity index is 1780. The summed E-state index contributed by atoms with van der Waals surface area (Å²) in [6, 6.07) is 18.6. The predicted octanol–water partition coefficient (Wildman–Crippen LogP) is 5.05. The summed E-state index contributed by atoms with van der Waals surface area (Å²) >= 11 is 0. The number of benzene rings is 2. The monoisotopic (exact) mass is 771 g/mol. The quantitative estimate of drug-likeness (QED) is 0.139. The second-order valence-corrected chi connectivity index (χ2v) is 16.2. The molecule has 3 aromatic rings. The Kier molecular flexibility index (Phi) is 15.4. The highest BCUT2D eigenvalue weighted by Gasteiger charge is 2.41. The van der Waals surface area contributed by atoms with E-state index in [4.69, 9.17) is 4.74 Å². The van der Waals surface area contributed by atoms with E-state index in [2.05, 4.69) is 27.1 Å². The van der Waals surface area contributed by atoms with Crippen LogP contribution in [-0.4, -0.2) is 99.8 Å². The summed E-state index contributed by atoms with van der Waals surface area (Å²) in [5.41, 5.74) is 7.81. The van der Waals surface area contributed by atoms with Gasteiger partial charge in [-0.25, -0.2) is 14.6 Å². The molecular formula is C43H61N7O6. The lowest BCUT2D eigenvalue weighted by Gasteiger charge is -2.36. The van der Waals surface area contributed by atoms with Crippen LogP contribution in [-0.2, 0) is 33.8 Å². The van der Waals surface area contributed by atoms with Crippen LogP contribution in [0.5, 0.6) is 0 Å². The number of rotatable bonds is 17. The van der Waals surface area contributed by atoms with Crippen LogP contribution in [0.2, 0.25) is 0 Å². The van der Waals surface area contributed by atoms with Crippen molar-refractivity contribution in [3.8, 4) is 0 Å². The first-order valence-electron chi connectivity index (χ1n) is 19.5. The van der Waals surface area contributed by atoms with Crippen LogP contribution < -0.4 is 16.1 Å². The number of hydrogen-bond acceptors (Lipinski definition) is 8. The van der Waals surface area contributed by atoms with Gasteiger partial charge in [-0.05, 0) is 61.8 Å². The maximum atomic E-state index is 14.5. The van der Waals surface area contributed by atoms with Gasteiger partial charge in [0.2, 0.25) is 5.91 Å². The molecule has 1 saturated heterocycles. The van der Waals surface area contributed by atoms with Crippen LogP contribution in [0, 0.1) is 32.1 Å². The SMILES string of the molecule is CCC(C)C(C(=O)NC(Cc1ccccc1)C(O)CN(Cc1cc(C)cc(C)c1)NC(=O)C(NC(=O)OC)C(C)(C)C)N1CCN(Cc2cccc(C)n2)C1=O. The number of aliphatic hydroxyl groups is 1. The summed E-state index contributed by atoms with van der Waals surface area (Å²) in [5.74, 6) is -1.02. The minimum atomic E-state index is -1.18. The smallest absolute Gasteiger partial charge is 0.407 e. The molecule has 0 spiro atoms. The molecule has 1 aromatic heterocycles. The number of nitrogens with zero attached hydrogens (tertiary/aromatic N) is 4. The molecule has 304 valence electrons. The van der Waals surface area contributed by atoms with E-state index in [0.717, 1.165) is 33.6 Å². The standard InChI is InChI=1S/C43H61N7O6/c1-10-30(4)37(50-20-19-48(42(50)55)26-34-18-14-15-31(5)44-34)39(52)45-35(24-32-16-12-11-13-17-32)36(51)27-49(25-33-22-28(2)21-29(3)23-33)47-40(53)38(43(6,7)8)46-41(54)56-9/h11-18,21-23,30,35-38,51H,10,19-20,24-27H2,1-9H3,(H,45,52)(H,46,54)(H,47,53). The van der Waals surface area contributed by atoms with E-state index in [1.165, 1.54) is 7.11 Å². The zero-order valence-electron chi connectivity index (χ0n) is 34.5. The normalized spacial score (nSPS) is 15.9. The number of carbonyl (C=O) groups is 4. The number of ether oxygens (including phenoxy) is 1. The van der Waals surface area contributed by atoms with Crippen molar-refractivity contribution in [3.05, 3.63) is 100 Å². The van der Waals surface area contributed by atoms with Gasteiger partial charge >= 0.3 is 12.1 Å². The van der Waals surface area contributed by atoms with Crippen molar-refractivity contribution in [1.82, 2.24) is 35.9 Å². The number of aromatic nitrogens is 1. The number of pyridine rings is 1. The summed E-state index contributed by atoms with van der Waals surface area (Å²) in [6.45, 7) is 16.7. The van der Waals surface area contributed by atoms with Crippen LogP contribution in [0.15, 0.2) is 66.7 Å². The number of urea groups is 1. The highest BCUT2D eigenvalue weighted by atomic mass is 16.5. The van der Waals surface area contributed by atoms with E-state index >= 15 is 0 Å². The molecule has 1 aliphatic heterocycles. The summed E-state index contributed by atoms with van der Waals surface area (Å²) in [7, 11) is 1.24. The molecule has 1 fully saturated rings. The number of nitrogens with one attached hydrogen (secondary N) is 3. The van der Waals surface area contributed by atoms with E-state index < -0.39 is 41.6 Å². The second kappa shape index (κ2) is 19.7. The van der Waals surface area contributed by atoms with Gasteiger partial charge in [0.05, 0.1) is 31.5 Å². The van der Waals surface area contributed by atoms with Crippen molar-refractivity contribution in [2.45, 2.75) is 106 Å². The molecule has 5 unspecified atom stereocenters. The van der Waals surface area contributed by atoms with E-state index in [-0.39, 0.29) is 30.9 Å². The number of aryl methyl sites for hydroxylation is 3. The summed E-state index contributed by atoms with van der Waals surface area (Å²) in [4.78, 5) is 62.4. The highest BCUT2D eigenvalue weighted by molar-refractivity contribution is 5.88. The molecule has 0 saturated carbocycles. The Balaban J connectivity index is 1.62. The van der Waals surface area contributed by atoms with Crippen molar-refractivity contribution in [2.24, 2.45) is 11.3 Å². The lowest BCUT2D eigenvalue weighted by atomic mass is 9.86. The molecule has 1 aliphatic rings. The Morgan fingerprint density at radius 1 is 0.929 bits per heavy atom. The molecule has 5 amide bonds. The molecule has 13 nitrogen and oxygen atoms in total. The maximum Gasteiger partial charge on any atom is 0.407 e. The van der Waals surface area contributed by atoms with Gasteiger partial charge in [-0.15, -0.1) is 0 Å². The maximum absolute atomic E-state index is 14.5. The molecule has 13 heteroatoms. The van der Waals surface area contributed by atoms with E-state index in [9.17, 15) is 24.3 Å². The van der Waals surface area contributed by atoms with E-state index in [1.54, 1.807) is 14.8 Å². The van der Waals surface area contributed by atoms with Crippen LogP contribution in [0.3, 0.4) is 0 Å². The Morgan fingerprint density at radius 3 is 2.21 bits per heavy atom. The van der Waals surface area contributed by atoms with Gasteiger partial charge in [0.25, 0.3) is 5.91 Å². The second-order valence-electron chi connectivity index (χ2n) is 16.2. The lowest BCUT2D eigenvalue weighted by molar-refractivity contribution is -0.132. The van der Waals surface area contributed by atoms with Crippen LogP contribution in [0.25, 0.3) is 0 Å². The topological polar surface area (TPSA) is 156 Å². The van der Waals surface area contributed by atoms with Crippen molar-refractivity contribution >= 4 is 23.9 Å². The Morgan fingerprint density at radius 2 is 1.61 bits per heavy atom. The minimum Gasteiger partial charge on any atom is -0.453 e. The fourth-order valence-corrected chi connectivity index (χ4v) is 7.19. The third-order valence-corrected chi connectivity index (χ3v) is 10.2. The highest BCUT2D eigenvalue weighted by Crippen LogP contribution is 2.24.